The first kappa shape index (κ1) is 23.0. The molecule has 0 bridgehead atoms. The zero-order valence-corrected chi connectivity index (χ0v) is 20.8. The van der Waals surface area contributed by atoms with Crippen LogP contribution in [0, 0.1) is 45.8 Å². The van der Waals surface area contributed by atoms with Gasteiger partial charge in [0.25, 0.3) is 0 Å². The molecule has 5 aliphatic rings. The van der Waals surface area contributed by atoms with E-state index in [9.17, 15) is 14.7 Å². The second-order valence-corrected chi connectivity index (χ2v) is 13.4. The van der Waals surface area contributed by atoms with E-state index in [4.69, 9.17) is 9.47 Å². The SMILES string of the molecule is CC(=O)[C@H]1CC[C@H]2[C@@H]3C[C@H](C)[C@@]4(O)CC5(CC[C@]4(C)[C@H]3C(=O)C[C@]12C)OCC(C)(C)CO5. The molecule has 0 aromatic heterocycles. The number of Topliss-reactive ketones (excluding diaryl/α,β-unsaturated/α-hetero) is 2. The van der Waals surface area contributed by atoms with Crippen molar-refractivity contribution in [2.24, 2.45) is 45.8 Å². The smallest absolute Gasteiger partial charge is 0.171 e. The summed E-state index contributed by atoms with van der Waals surface area (Å²) in [7, 11) is 0. The average Bonchev–Trinajstić information content (AvgIpc) is 3.04. The van der Waals surface area contributed by atoms with Crippen molar-refractivity contribution in [2.75, 3.05) is 13.2 Å². The molecule has 0 aromatic carbocycles. The van der Waals surface area contributed by atoms with Crippen LogP contribution in [0.3, 0.4) is 0 Å². The van der Waals surface area contributed by atoms with Crippen LogP contribution in [0.15, 0.2) is 0 Å². The van der Waals surface area contributed by atoms with Gasteiger partial charge < -0.3 is 14.6 Å². The van der Waals surface area contributed by atoms with Crippen LogP contribution in [-0.4, -0.2) is 41.3 Å². The zero-order chi connectivity index (χ0) is 23.3. The molecule has 4 aliphatic carbocycles. The first-order valence-electron chi connectivity index (χ1n) is 12.8. The summed E-state index contributed by atoms with van der Waals surface area (Å²) in [5.74, 6) is 0.352. The van der Waals surface area contributed by atoms with E-state index in [0.29, 0.717) is 32.0 Å². The lowest BCUT2D eigenvalue weighted by Gasteiger charge is -2.67. The molecule has 1 N–H and O–H groups in total. The molecule has 0 amide bonds. The van der Waals surface area contributed by atoms with Gasteiger partial charge in [0.1, 0.15) is 11.6 Å². The first-order valence-corrected chi connectivity index (χ1v) is 12.8. The average molecular weight is 447 g/mol. The summed E-state index contributed by atoms with van der Waals surface area (Å²) in [6, 6.07) is 0. The van der Waals surface area contributed by atoms with Gasteiger partial charge in [0.15, 0.2) is 5.79 Å². The molecule has 1 saturated heterocycles. The highest BCUT2D eigenvalue weighted by Gasteiger charge is 2.71. The van der Waals surface area contributed by atoms with Crippen molar-refractivity contribution in [3.05, 3.63) is 0 Å². The zero-order valence-electron chi connectivity index (χ0n) is 20.8. The van der Waals surface area contributed by atoms with Gasteiger partial charge in [-0.3, -0.25) is 9.59 Å². The van der Waals surface area contributed by atoms with Crippen molar-refractivity contribution in [3.8, 4) is 0 Å². The number of hydrogen-bond donors (Lipinski definition) is 1. The Morgan fingerprint density at radius 2 is 1.72 bits per heavy atom. The van der Waals surface area contributed by atoms with Gasteiger partial charge in [0.05, 0.1) is 18.8 Å². The van der Waals surface area contributed by atoms with Crippen LogP contribution in [0.5, 0.6) is 0 Å². The number of rotatable bonds is 1. The van der Waals surface area contributed by atoms with E-state index in [0.717, 1.165) is 32.1 Å². The minimum absolute atomic E-state index is 0.00309. The molecule has 5 rings (SSSR count). The predicted molar refractivity (Wildman–Crippen MR) is 121 cm³/mol. The van der Waals surface area contributed by atoms with E-state index in [1.165, 1.54) is 0 Å². The molecule has 0 radical (unpaired) electrons. The Labute approximate surface area is 193 Å². The third-order valence-electron chi connectivity index (χ3n) is 10.9. The van der Waals surface area contributed by atoms with E-state index in [2.05, 4.69) is 34.6 Å². The summed E-state index contributed by atoms with van der Waals surface area (Å²) in [4.78, 5) is 26.2. The fourth-order valence-corrected chi connectivity index (χ4v) is 9.09. The van der Waals surface area contributed by atoms with Gasteiger partial charge in [-0.15, -0.1) is 0 Å². The highest BCUT2D eigenvalue weighted by molar-refractivity contribution is 5.87. The van der Waals surface area contributed by atoms with Gasteiger partial charge >= 0.3 is 0 Å². The van der Waals surface area contributed by atoms with E-state index < -0.39 is 16.8 Å². The topological polar surface area (TPSA) is 72.8 Å². The third kappa shape index (κ3) is 2.92. The second kappa shape index (κ2) is 6.88. The Morgan fingerprint density at radius 3 is 2.34 bits per heavy atom. The van der Waals surface area contributed by atoms with Crippen LogP contribution in [0.4, 0.5) is 0 Å². The molecule has 0 aromatic rings. The van der Waals surface area contributed by atoms with E-state index in [1.807, 2.05) is 0 Å². The minimum atomic E-state index is -0.990. The van der Waals surface area contributed by atoms with Crippen molar-refractivity contribution in [2.45, 2.75) is 97.9 Å². The lowest BCUT2D eigenvalue weighted by molar-refractivity contribution is -0.358. The largest absolute Gasteiger partial charge is 0.389 e. The van der Waals surface area contributed by atoms with Crippen LogP contribution in [0.25, 0.3) is 0 Å². The lowest BCUT2D eigenvalue weighted by Crippen LogP contribution is -2.71. The van der Waals surface area contributed by atoms with Crippen molar-refractivity contribution in [1.29, 1.82) is 0 Å². The van der Waals surface area contributed by atoms with Crippen molar-refractivity contribution in [1.82, 2.24) is 0 Å². The maximum Gasteiger partial charge on any atom is 0.171 e. The van der Waals surface area contributed by atoms with E-state index in [1.54, 1.807) is 6.92 Å². The summed E-state index contributed by atoms with van der Waals surface area (Å²) in [6.07, 6.45) is 5.17. The van der Waals surface area contributed by atoms with Gasteiger partial charge in [-0.05, 0) is 55.8 Å². The van der Waals surface area contributed by atoms with Crippen LogP contribution in [-0.2, 0) is 19.1 Å². The predicted octanol–water partition coefficient (Wildman–Crippen LogP) is 4.54. The van der Waals surface area contributed by atoms with Crippen molar-refractivity contribution >= 4 is 11.6 Å². The van der Waals surface area contributed by atoms with Gasteiger partial charge in [-0.2, -0.15) is 0 Å². The third-order valence-corrected chi connectivity index (χ3v) is 10.9. The van der Waals surface area contributed by atoms with Gasteiger partial charge in [-0.1, -0.05) is 34.6 Å². The molecule has 0 unspecified atom stereocenters. The summed E-state index contributed by atoms with van der Waals surface area (Å²) in [5.41, 5.74) is -1.70. The van der Waals surface area contributed by atoms with Gasteiger partial charge in [0.2, 0.25) is 0 Å². The molecular formula is C27H42O5. The number of carbonyl (C=O) groups is 2. The molecule has 5 heteroatoms. The summed E-state index contributed by atoms with van der Waals surface area (Å²) in [5, 5.41) is 12.3. The number of aliphatic hydroxyl groups is 1. The molecule has 1 heterocycles. The quantitative estimate of drug-likeness (QED) is 0.640. The van der Waals surface area contributed by atoms with Gasteiger partial charge in [-0.25, -0.2) is 0 Å². The fourth-order valence-electron chi connectivity index (χ4n) is 9.09. The number of hydrogen-bond acceptors (Lipinski definition) is 5. The normalized spacial score (nSPS) is 51.6. The molecule has 1 spiro atoms. The molecule has 8 atom stereocenters. The molecule has 5 nitrogen and oxygen atoms in total. The Morgan fingerprint density at radius 1 is 1.06 bits per heavy atom. The maximum atomic E-state index is 13.8. The monoisotopic (exact) mass is 446 g/mol. The lowest BCUT2D eigenvalue weighted by atomic mass is 9.40. The van der Waals surface area contributed by atoms with Crippen molar-refractivity contribution in [3.63, 3.8) is 0 Å². The second-order valence-electron chi connectivity index (χ2n) is 13.4. The van der Waals surface area contributed by atoms with Crippen LogP contribution >= 0.6 is 0 Å². The molecule has 32 heavy (non-hydrogen) atoms. The Hall–Kier alpha value is -0.780. The molecule has 5 fully saturated rings. The highest BCUT2D eigenvalue weighted by Crippen LogP contribution is 2.69. The molecule has 1 aliphatic heterocycles. The number of ether oxygens (including phenoxy) is 2. The number of carbonyl (C=O) groups excluding carboxylic acids is 2. The number of fused-ring (bicyclic) bond motifs is 5. The summed E-state index contributed by atoms with van der Waals surface area (Å²) in [6.45, 7) is 13.8. The van der Waals surface area contributed by atoms with E-state index in [-0.39, 0.29) is 46.1 Å². The van der Waals surface area contributed by atoms with Crippen LogP contribution < -0.4 is 0 Å². The Bertz CT molecular complexity index is 824. The van der Waals surface area contributed by atoms with Crippen LogP contribution in [0.2, 0.25) is 0 Å². The first-order chi connectivity index (χ1) is 14.8. The van der Waals surface area contributed by atoms with Gasteiger partial charge in [0, 0.05) is 41.9 Å². The fraction of sp³-hybridized carbons (Fsp3) is 0.926. The molecule has 4 saturated carbocycles. The Balaban J connectivity index is 1.48. The minimum Gasteiger partial charge on any atom is -0.389 e. The van der Waals surface area contributed by atoms with Crippen molar-refractivity contribution < 1.29 is 24.2 Å². The van der Waals surface area contributed by atoms with Crippen LogP contribution in [0.1, 0.15) is 86.5 Å². The summed E-state index contributed by atoms with van der Waals surface area (Å²) < 4.78 is 12.6. The number of ketones is 2. The highest BCUT2D eigenvalue weighted by atomic mass is 16.7. The standard InChI is InChI=1S/C27H42O5/c1-16-11-18-20-8-7-19(17(2)28)24(20,5)12-21(29)22(18)25(6)9-10-26(13-27(16,25)30)31-14-23(3,4)15-32-26/h16,18-20,22,30H,7-15H2,1-6H3/t16-,18-,19+,20-,22+,24+,25+,27-/m0/s1. The van der Waals surface area contributed by atoms with E-state index >= 15 is 0 Å². The maximum absolute atomic E-state index is 13.8. The molecular weight excluding hydrogens is 404 g/mol. The Kier molecular flexibility index (Phi) is 4.94. The molecule has 180 valence electrons. The summed E-state index contributed by atoms with van der Waals surface area (Å²) >= 11 is 0.